The Kier molecular flexibility index (Phi) is 7.20. The number of hydrogen-bond donors (Lipinski definition) is 0. The Labute approximate surface area is 180 Å². The molecule has 0 aromatic heterocycles. The van der Waals surface area contributed by atoms with Crippen LogP contribution < -0.4 is 4.74 Å². The summed E-state index contributed by atoms with van der Waals surface area (Å²) in [6.45, 7) is 9.77. The van der Waals surface area contributed by atoms with Crippen LogP contribution in [0.4, 0.5) is 4.79 Å². The van der Waals surface area contributed by atoms with Crippen LogP contribution in [0.2, 0.25) is 0 Å². The standard InChI is InChI=1S/C26H33NO3/c1-20-19-23(29-18-8-11-21-9-6-5-7-10-21)12-13-24(20)22-14-16-27(17-15-22)25(28)30-26(2,3)4/h5-7,9-10,12-14,19H,8,11,15-18H2,1-4H3. The van der Waals surface area contributed by atoms with Gasteiger partial charge in [-0.2, -0.15) is 0 Å². The second kappa shape index (κ2) is 9.84. The van der Waals surface area contributed by atoms with Crippen LogP contribution >= 0.6 is 0 Å². The zero-order valence-corrected chi connectivity index (χ0v) is 18.6. The lowest BCUT2D eigenvalue weighted by molar-refractivity contribution is 0.0270. The Balaban J connectivity index is 1.52. The number of rotatable bonds is 6. The fourth-order valence-electron chi connectivity index (χ4n) is 3.60. The van der Waals surface area contributed by atoms with Crippen LogP contribution in [0.15, 0.2) is 54.6 Å². The lowest BCUT2D eigenvalue weighted by Gasteiger charge is -2.30. The second-order valence-corrected chi connectivity index (χ2v) is 8.82. The van der Waals surface area contributed by atoms with E-state index < -0.39 is 5.60 Å². The third kappa shape index (κ3) is 6.38. The van der Waals surface area contributed by atoms with E-state index in [1.54, 1.807) is 4.90 Å². The van der Waals surface area contributed by atoms with Gasteiger partial charge in [0.2, 0.25) is 0 Å². The highest BCUT2D eigenvalue weighted by molar-refractivity contribution is 5.74. The predicted octanol–water partition coefficient (Wildman–Crippen LogP) is 6.03. The van der Waals surface area contributed by atoms with Gasteiger partial charge in [0, 0.05) is 13.1 Å². The number of carbonyl (C=O) groups is 1. The van der Waals surface area contributed by atoms with Gasteiger partial charge in [-0.05, 0) is 81.4 Å². The molecule has 0 saturated heterocycles. The molecule has 3 rings (SSSR count). The number of benzene rings is 2. The van der Waals surface area contributed by atoms with Crippen LogP contribution in [0.5, 0.6) is 5.75 Å². The van der Waals surface area contributed by atoms with Crippen molar-refractivity contribution in [3.8, 4) is 5.75 Å². The lowest BCUT2D eigenvalue weighted by Crippen LogP contribution is -2.39. The summed E-state index contributed by atoms with van der Waals surface area (Å²) in [5, 5.41) is 0. The van der Waals surface area contributed by atoms with E-state index in [4.69, 9.17) is 9.47 Å². The zero-order valence-electron chi connectivity index (χ0n) is 18.6. The van der Waals surface area contributed by atoms with E-state index in [2.05, 4.69) is 49.4 Å². The van der Waals surface area contributed by atoms with E-state index in [-0.39, 0.29) is 6.09 Å². The third-order valence-electron chi connectivity index (χ3n) is 5.13. The first kappa shape index (κ1) is 21.9. The van der Waals surface area contributed by atoms with E-state index in [1.165, 1.54) is 22.3 Å². The molecule has 2 aromatic carbocycles. The van der Waals surface area contributed by atoms with Crippen LogP contribution in [-0.2, 0) is 11.2 Å². The average molecular weight is 408 g/mol. The second-order valence-electron chi connectivity index (χ2n) is 8.82. The van der Waals surface area contributed by atoms with E-state index in [1.807, 2.05) is 32.9 Å². The molecule has 1 heterocycles. The molecule has 2 aromatic rings. The summed E-state index contributed by atoms with van der Waals surface area (Å²) in [6.07, 6.45) is 4.75. The van der Waals surface area contributed by atoms with Gasteiger partial charge in [0.25, 0.3) is 0 Å². The molecule has 4 heteroatoms. The molecular weight excluding hydrogens is 374 g/mol. The Morgan fingerprint density at radius 3 is 2.50 bits per heavy atom. The highest BCUT2D eigenvalue weighted by Crippen LogP contribution is 2.28. The molecule has 1 aliphatic rings. The summed E-state index contributed by atoms with van der Waals surface area (Å²) in [7, 11) is 0. The van der Waals surface area contributed by atoms with Gasteiger partial charge >= 0.3 is 6.09 Å². The molecule has 30 heavy (non-hydrogen) atoms. The molecule has 0 atom stereocenters. The minimum absolute atomic E-state index is 0.242. The highest BCUT2D eigenvalue weighted by atomic mass is 16.6. The normalized spacial score (nSPS) is 14.3. The zero-order chi connectivity index (χ0) is 21.6. The SMILES string of the molecule is Cc1cc(OCCCc2ccccc2)ccc1C1=CCN(C(=O)OC(C)(C)C)CC1. The molecule has 1 amide bonds. The first-order valence-corrected chi connectivity index (χ1v) is 10.8. The molecule has 0 saturated carbocycles. The van der Waals surface area contributed by atoms with Crippen LogP contribution in [0, 0.1) is 6.92 Å². The van der Waals surface area contributed by atoms with E-state index >= 15 is 0 Å². The third-order valence-corrected chi connectivity index (χ3v) is 5.13. The van der Waals surface area contributed by atoms with Crippen molar-refractivity contribution >= 4 is 11.7 Å². The van der Waals surface area contributed by atoms with Crippen LogP contribution in [0.25, 0.3) is 5.57 Å². The van der Waals surface area contributed by atoms with E-state index in [0.29, 0.717) is 19.7 Å². The van der Waals surface area contributed by atoms with Crippen molar-refractivity contribution < 1.29 is 14.3 Å². The maximum absolute atomic E-state index is 12.2. The predicted molar refractivity (Wildman–Crippen MR) is 122 cm³/mol. The van der Waals surface area contributed by atoms with Crippen molar-refractivity contribution in [2.45, 2.75) is 52.6 Å². The topological polar surface area (TPSA) is 38.8 Å². The Bertz CT molecular complexity index is 881. The first-order valence-electron chi connectivity index (χ1n) is 10.8. The van der Waals surface area contributed by atoms with Gasteiger partial charge in [0.15, 0.2) is 0 Å². The monoisotopic (exact) mass is 407 g/mol. The largest absolute Gasteiger partial charge is 0.494 e. The number of carbonyl (C=O) groups excluding carboxylic acids is 1. The van der Waals surface area contributed by atoms with E-state index in [9.17, 15) is 4.79 Å². The minimum atomic E-state index is -0.464. The summed E-state index contributed by atoms with van der Waals surface area (Å²) in [6, 6.07) is 16.8. The number of nitrogens with zero attached hydrogens (tertiary/aromatic N) is 1. The summed E-state index contributed by atoms with van der Waals surface area (Å²) in [5.74, 6) is 0.913. The number of aryl methyl sites for hydroxylation is 2. The Morgan fingerprint density at radius 1 is 1.10 bits per heavy atom. The van der Waals surface area contributed by atoms with Gasteiger partial charge in [-0.3, -0.25) is 0 Å². The van der Waals surface area contributed by atoms with Crippen molar-refractivity contribution in [2.75, 3.05) is 19.7 Å². The smallest absolute Gasteiger partial charge is 0.410 e. The molecule has 0 unspecified atom stereocenters. The summed E-state index contributed by atoms with van der Waals surface area (Å²) < 4.78 is 11.4. The van der Waals surface area contributed by atoms with Crippen LogP contribution in [0.1, 0.15) is 50.3 Å². The molecule has 0 fully saturated rings. The van der Waals surface area contributed by atoms with Crippen LogP contribution in [-0.4, -0.2) is 36.3 Å². The molecule has 0 bridgehead atoms. The van der Waals surface area contributed by atoms with Crippen LogP contribution in [0.3, 0.4) is 0 Å². The highest BCUT2D eigenvalue weighted by Gasteiger charge is 2.24. The van der Waals surface area contributed by atoms with Crippen molar-refractivity contribution in [1.29, 1.82) is 0 Å². The maximum atomic E-state index is 12.2. The van der Waals surface area contributed by atoms with Gasteiger partial charge in [-0.1, -0.05) is 42.5 Å². The van der Waals surface area contributed by atoms with Crippen molar-refractivity contribution in [3.05, 3.63) is 71.3 Å². The Morgan fingerprint density at radius 2 is 1.87 bits per heavy atom. The average Bonchev–Trinajstić information content (AvgIpc) is 2.71. The molecule has 1 aliphatic heterocycles. The number of hydrogen-bond acceptors (Lipinski definition) is 3. The fraction of sp³-hybridized carbons (Fsp3) is 0.423. The van der Waals surface area contributed by atoms with Crippen molar-refractivity contribution in [2.24, 2.45) is 0 Å². The first-order chi connectivity index (χ1) is 14.3. The molecule has 4 nitrogen and oxygen atoms in total. The summed E-state index contributed by atoms with van der Waals surface area (Å²) in [4.78, 5) is 14.0. The minimum Gasteiger partial charge on any atom is -0.494 e. The van der Waals surface area contributed by atoms with Gasteiger partial charge < -0.3 is 14.4 Å². The number of amides is 1. The molecular formula is C26H33NO3. The van der Waals surface area contributed by atoms with Crippen molar-refractivity contribution in [3.63, 3.8) is 0 Å². The molecule has 0 spiro atoms. The maximum Gasteiger partial charge on any atom is 0.410 e. The Hall–Kier alpha value is -2.75. The fourth-order valence-corrected chi connectivity index (χ4v) is 3.60. The molecule has 160 valence electrons. The van der Waals surface area contributed by atoms with Gasteiger partial charge in [0.05, 0.1) is 6.61 Å². The van der Waals surface area contributed by atoms with E-state index in [0.717, 1.165) is 25.0 Å². The molecule has 0 radical (unpaired) electrons. The summed E-state index contributed by atoms with van der Waals surface area (Å²) in [5.41, 5.74) is 4.59. The molecule has 0 N–H and O–H groups in total. The number of ether oxygens (including phenoxy) is 2. The quantitative estimate of drug-likeness (QED) is 0.549. The molecule has 0 aliphatic carbocycles. The van der Waals surface area contributed by atoms with Gasteiger partial charge in [-0.15, -0.1) is 0 Å². The van der Waals surface area contributed by atoms with Gasteiger partial charge in [-0.25, -0.2) is 4.79 Å². The van der Waals surface area contributed by atoms with Crippen molar-refractivity contribution in [1.82, 2.24) is 4.90 Å². The van der Waals surface area contributed by atoms with Gasteiger partial charge in [0.1, 0.15) is 11.4 Å². The lowest BCUT2D eigenvalue weighted by atomic mass is 9.95. The summed E-state index contributed by atoms with van der Waals surface area (Å²) >= 11 is 0.